The molecule has 0 radical (unpaired) electrons. The SMILES string of the molecule is COC(=O)C(CC(C)C)Nc1cc(C(F)(F)F)nc(N)n1. The van der Waals surface area contributed by atoms with Crippen LogP contribution in [0.25, 0.3) is 0 Å². The zero-order valence-electron chi connectivity index (χ0n) is 11.9. The average molecular weight is 306 g/mol. The van der Waals surface area contributed by atoms with E-state index < -0.39 is 29.8 Å². The lowest BCUT2D eigenvalue weighted by atomic mass is 10.0. The predicted octanol–water partition coefficient (Wildman–Crippen LogP) is 2.08. The van der Waals surface area contributed by atoms with Gasteiger partial charge in [0.1, 0.15) is 11.9 Å². The van der Waals surface area contributed by atoms with Crippen LogP contribution in [0.4, 0.5) is 24.9 Å². The van der Waals surface area contributed by atoms with Gasteiger partial charge >= 0.3 is 12.1 Å². The number of halogens is 3. The summed E-state index contributed by atoms with van der Waals surface area (Å²) in [6.45, 7) is 3.74. The molecule has 3 N–H and O–H groups in total. The number of aromatic nitrogens is 2. The van der Waals surface area contributed by atoms with E-state index in [1.54, 1.807) is 0 Å². The monoisotopic (exact) mass is 306 g/mol. The highest BCUT2D eigenvalue weighted by molar-refractivity contribution is 5.78. The van der Waals surface area contributed by atoms with Crippen LogP contribution in [-0.2, 0) is 15.7 Å². The van der Waals surface area contributed by atoms with Crippen molar-refractivity contribution in [2.75, 3.05) is 18.2 Å². The quantitative estimate of drug-likeness (QED) is 0.809. The second-order valence-corrected chi connectivity index (χ2v) is 4.84. The molecular weight excluding hydrogens is 289 g/mol. The summed E-state index contributed by atoms with van der Waals surface area (Å²) in [4.78, 5) is 18.4. The minimum Gasteiger partial charge on any atom is -0.467 e. The number of nitrogens with zero attached hydrogens (tertiary/aromatic N) is 2. The smallest absolute Gasteiger partial charge is 0.433 e. The van der Waals surface area contributed by atoms with Crippen LogP contribution in [0.3, 0.4) is 0 Å². The Labute approximate surface area is 119 Å². The maximum Gasteiger partial charge on any atom is 0.433 e. The molecule has 0 aliphatic rings. The van der Waals surface area contributed by atoms with E-state index in [0.29, 0.717) is 12.5 Å². The Hall–Kier alpha value is -2.06. The number of methoxy groups -OCH3 is 1. The lowest BCUT2D eigenvalue weighted by Gasteiger charge is -2.19. The number of nitrogens with one attached hydrogen (secondary N) is 1. The van der Waals surface area contributed by atoms with Gasteiger partial charge in [0.15, 0.2) is 5.69 Å². The van der Waals surface area contributed by atoms with Crippen LogP contribution in [0, 0.1) is 5.92 Å². The fourth-order valence-electron chi connectivity index (χ4n) is 1.69. The van der Waals surface area contributed by atoms with Crippen LogP contribution < -0.4 is 11.1 Å². The molecule has 1 atom stereocenters. The first-order valence-corrected chi connectivity index (χ1v) is 6.19. The summed E-state index contributed by atoms with van der Waals surface area (Å²) in [5.41, 5.74) is 4.09. The number of nitrogen functional groups attached to an aromatic ring is 1. The van der Waals surface area contributed by atoms with Gasteiger partial charge in [0.05, 0.1) is 7.11 Å². The molecule has 1 aromatic rings. The number of carbonyl (C=O) groups excluding carboxylic acids is 1. The summed E-state index contributed by atoms with van der Waals surface area (Å²) in [7, 11) is 1.20. The van der Waals surface area contributed by atoms with Crippen LogP contribution in [0.15, 0.2) is 6.07 Å². The number of alkyl halides is 3. The lowest BCUT2D eigenvalue weighted by Crippen LogP contribution is -2.32. The molecule has 9 heteroatoms. The van der Waals surface area contributed by atoms with E-state index in [0.717, 1.165) is 0 Å². The van der Waals surface area contributed by atoms with E-state index in [2.05, 4.69) is 20.0 Å². The van der Waals surface area contributed by atoms with Crippen molar-refractivity contribution >= 4 is 17.7 Å². The third-order valence-corrected chi connectivity index (χ3v) is 2.55. The first-order valence-electron chi connectivity index (χ1n) is 6.19. The summed E-state index contributed by atoms with van der Waals surface area (Å²) >= 11 is 0. The fraction of sp³-hybridized carbons (Fsp3) is 0.583. The molecule has 1 rings (SSSR count). The highest BCUT2D eigenvalue weighted by Crippen LogP contribution is 2.29. The molecule has 6 nitrogen and oxygen atoms in total. The summed E-state index contributed by atoms with van der Waals surface area (Å²) in [6.07, 6.45) is -4.27. The van der Waals surface area contributed by atoms with Crippen LogP contribution in [0.1, 0.15) is 26.0 Å². The molecule has 21 heavy (non-hydrogen) atoms. The molecule has 1 aromatic heterocycles. The largest absolute Gasteiger partial charge is 0.467 e. The molecule has 0 aliphatic heterocycles. The van der Waals surface area contributed by atoms with Gasteiger partial charge in [-0.25, -0.2) is 9.78 Å². The number of nitrogens with two attached hydrogens (primary N) is 1. The van der Waals surface area contributed by atoms with Gasteiger partial charge in [0.2, 0.25) is 5.95 Å². The van der Waals surface area contributed by atoms with E-state index in [1.807, 2.05) is 13.8 Å². The first-order chi connectivity index (χ1) is 9.63. The van der Waals surface area contributed by atoms with Gasteiger partial charge < -0.3 is 15.8 Å². The number of anilines is 2. The van der Waals surface area contributed by atoms with Gasteiger partial charge in [0.25, 0.3) is 0 Å². The van der Waals surface area contributed by atoms with Gasteiger partial charge in [-0.15, -0.1) is 0 Å². The van der Waals surface area contributed by atoms with Crippen molar-refractivity contribution in [3.8, 4) is 0 Å². The zero-order valence-corrected chi connectivity index (χ0v) is 11.9. The Morgan fingerprint density at radius 2 is 2.05 bits per heavy atom. The molecule has 0 saturated heterocycles. The van der Waals surface area contributed by atoms with Crippen molar-refractivity contribution in [3.05, 3.63) is 11.8 Å². The molecule has 0 bridgehead atoms. The van der Waals surface area contributed by atoms with Crippen LogP contribution in [0.2, 0.25) is 0 Å². The summed E-state index contributed by atoms with van der Waals surface area (Å²) in [5, 5.41) is 2.61. The topological polar surface area (TPSA) is 90.1 Å². The minimum atomic E-state index is -4.65. The number of hydrogen-bond donors (Lipinski definition) is 2. The maximum atomic E-state index is 12.7. The Morgan fingerprint density at radius 1 is 1.43 bits per heavy atom. The van der Waals surface area contributed by atoms with Crippen molar-refractivity contribution in [3.63, 3.8) is 0 Å². The standard InChI is InChI=1S/C12H17F3N4O2/c1-6(2)4-7(10(20)21-3)17-9-5-8(12(13,14)15)18-11(16)19-9/h5-7H,4H2,1-3H3,(H3,16,17,18,19). The molecule has 1 unspecified atom stereocenters. The highest BCUT2D eigenvalue weighted by Gasteiger charge is 2.34. The highest BCUT2D eigenvalue weighted by atomic mass is 19.4. The van der Waals surface area contributed by atoms with Crippen molar-refractivity contribution in [1.82, 2.24) is 9.97 Å². The van der Waals surface area contributed by atoms with E-state index in [-0.39, 0.29) is 11.7 Å². The average Bonchev–Trinajstić information content (AvgIpc) is 2.34. The number of hydrogen-bond acceptors (Lipinski definition) is 6. The summed E-state index contributed by atoms with van der Waals surface area (Å²) in [5.74, 6) is -1.16. The number of esters is 1. The zero-order chi connectivity index (χ0) is 16.2. The van der Waals surface area contributed by atoms with Crippen LogP contribution >= 0.6 is 0 Å². The molecule has 0 aromatic carbocycles. The molecule has 0 spiro atoms. The molecule has 0 aliphatic carbocycles. The van der Waals surface area contributed by atoms with E-state index >= 15 is 0 Å². The Morgan fingerprint density at radius 3 is 2.52 bits per heavy atom. The lowest BCUT2D eigenvalue weighted by molar-refractivity contribution is -0.142. The third kappa shape index (κ3) is 5.09. The molecule has 0 fully saturated rings. The van der Waals surface area contributed by atoms with E-state index in [1.165, 1.54) is 7.11 Å². The Balaban J connectivity index is 3.03. The number of ether oxygens (including phenoxy) is 1. The molecule has 0 saturated carbocycles. The van der Waals surface area contributed by atoms with E-state index in [4.69, 9.17) is 5.73 Å². The molecule has 1 heterocycles. The molecule has 118 valence electrons. The van der Waals surface area contributed by atoms with Crippen molar-refractivity contribution in [2.24, 2.45) is 5.92 Å². The van der Waals surface area contributed by atoms with Crippen molar-refractivity contribution < 1.29 is 22.7 Å². The predicted molar refractivity (Wildman–Crippen MR) is 70.3 cm³/mol. The minimum absolute atomic E-state index is 0.128. The van der Waals surface area contributed by atoms with Gasteiger partial charge in [-0.2, -0.15) is 18.2 Å². The van der Waals surface area contributed by atoms with Crippen LogP contribution in [-0.4, -0.2) is 29.1 Å². The maximum absolute atomic E-state index is 12.7. The van der Waals surface area contributed by atoms with Crippen molar-refractivity contribution in [1.29, 1.82) is 0 Å². The third-order valence-electron chi connectivity index (χ3n) is 2.55. The fourth-order valence-corrected chi connectivity index (χ4v) is 1.69. The number of carbonyl (C=O) groups is 1. The second kappa shape index (κ2) is 6.59. The van der Waals surface area contributed by atoms with Gasteiger partial charge in [-0.3, -0.25) is 0 Å². The Bertz CT molecular complexity index is 506. The van der Waals surface area contributed by atoms with Gasteiger partial charge in [-0.05, 0) is 12.3 Å². The number of rotatable bonds is 5. The normalized spacial score (nSPS) is 13.1. The summed E-state index contributed by atoms with van der Waals surface area (Å²) < 4.78 is 42.6. The van der Waals surface area contributed by atoms with Gasteiger partial charge in [-0.1, -0.05) is 13.8 Å². The van der Waals surface area contributed by atoms with Crippen molar-refractivity contribution in [2.45, 2.75) is 32.5 Å². The summed E-state index contributed by atoms with van der Waals surface area (Å²) in [6, 6.07) is -0.113. The second-order valence-electron chi connectivity index (χ2n) is 4.84. The molecule has 0 amide bonds. The molecular formula is C12H17F3N4O2. The Kier molecular flexibility index (Phi) is 5.34. The first kappa shape index (κ1) is 17.0. The van der Waals surface area contributed by atoms with E-state index in [9.17, 15) is 18.0 Å². The van der Waals surface area contributed by atoms with Crippen LogP contribution in [0.5, 0.6) is 0 Å². The van der Waals surface area contributed by atoms with Gasteiger partial charge in [0, 0.05) is 6.07 Å².